The highest BCUT2D eigenvalue weighted by molar-refractivity contribution is 8.18. The summed E-state index contributed by atoms with van der Waals surface area (Å²) in [6.45, 7) is 2.19. The number of hydrogen-bond acceptors (Lipinski definition) is 4. The highest BCUT2D eigenvalue weighted by Crippen LogP contribution is 2.37. The fraction of sp³-hybridized carbons (Fsp3) is 0.111. The maximum atomic E-state index is 12.5. The Balaban J connectivity index is 1.84. The number of aromatic hydroxyl groups is 1. The zero-order chi connectivity index (χ0) is 18.1. The Kier molecular flexibility index (Phi) is 5.08. The third-order valence-electron chi connectivity index (χ3n) is 3.67. The minimum Gasteiger partial charge on any atom is -0.505 e. The Labute approximate surface area is 159 Å². The maximum absolute atomic E-state index is 12.5. The van der Waals surface area contributed by atoms with E-state index in [2.05, 4.69) is 0 Å². The van der Waals surface area contributed by atoms with Crippen molar-refractivity contribution in [2.75, 3.05) is 0 Å². The van der Waals surface area contributed by atoms with Gasteiger partial charge in [-0.15, -0.1) is 0 Å². The average Bonchev–Trinajstić information content (AvgIpc) is 2.82. The molecule has 7 heteroatoms. The van der Waals surface area contributed by atoms with Gasteiger partial charge in [-0.05, 0) is 48.0 Å². The van der Waals surface area contributed by atoms with E-state index in [1.54, 1.807) is 0 Å². The summed E-state index contributed by atoms with van der Waals surface area (Å²) in [6, 6.07) is 10.6. The summed E-state index contributed by atoms with van der Waals surface area (Å²) in [4.78, 5) is 26.2. The third-order valence-corrected chi connectivity index (χ3v) is 5.16. The predicted octanol–water partition coefficient (Wildman–Crippen LogP) is 5.24. The van der Waals surface area contributed by atoms with Crippen molar-refractivity contribution >= 4 is 52.2 Å². The van der Waals surface area contributed by atoms with Gasteiger partial charge in [0.05, 0.1) is 21.5 Å². The largest absolute Gasteiger partial charge is 0.505 e. The summed E-state index contributed by atoms with van der Waals surface area (Å²) >= 11 is 12.6. The first-order chi connectivity index (χ1) is 11.8. The van der Waals surface area contributed by atoms with E-state index in [1.165, 1.54) is 23.1 Å². The van der Waals surface area contributed by atoms with E-state index in [4.69, 9.17) is 23.2 Å². The molecule has 2 aromatic rings. The van der Waals surface area contributed by atoms with Crippen LogP contribution in [-0.4, -0.2) is 21.2 Å². The first-order valence-corrected chi connectivity index (χ1v) is 8.91. The number of phenolic OH excluding ortho intramolecular Hbond substituents is 1. The van der Waals surface area contributed by atoms with Gasteiger partial charge >= 0.3 is 0 Å². The average molecular weight is 394 g/mol. The first kappa shape index (κ1) is 17.9. The monoisotopic (exact) mass is 393 g/mol. The van der Waals surface area contributed by atoms with Crippen molar-refractivity contribution in [2.24, 2.45) is 0 Å². The minimum atomic E-state index is -0.365. The molecule has 0 atom stereocenters. The van der Waals surface area contributed by atoms with Crippen molar-refractivity contribution in [3.8, 4) is 5.75 Å². The highest BCUT2D eigenvalue weighted by Gasteiger charge is 2.35. The second-order valence-electron chi connectivity index (χ2n) is 5.59. The molecule has 0 saturated carbocycles. The van der Waals surface area contributed by atoms with Crippen molar-refractivity contribution in [1.82, 2.24) is 4.90 Å². The number of carbonyl (C=O) groups excluding carboxylic acids is 2. The Hall–Kier alpha value is -1.95. The number of halogens is 2. The van der Waals surface area contributed by atoms with Crippen LogP contribution in [0.5, 0.6) is 5.75 Å². The Morgan fingerprint density at radius 2 is 1.72 bits per heavy atom. The number of amides is 2. The van der Waals surface area contributed by atoms with Gasteiger partial charge in [0.25, 0.3) is 11.1 Å². The minimum absolute atomic E-state index is 0.0811. The predicted molar refractivity (Wildman–Crippen MR) is 101 cm³/mol. The lowest BCUT2D eigenvalue weighted by molar-refractivity contribution is -0.123. The van der Waals surface area contributed by atoms with E-state index >= 15 is 0 Å². The van der Waals surface area contributed by atoms with Crippen molar-refractivity contribution < 1.29 is 14.7 Å². The molecule has 1 saturated heterocycles. The second-order valence-corrected chi connectivity index (χ2v) is 7.39. The van der Waals surface area contributed by atoms with Gasteiger partial charge in [0.15, 0.2) is 5.75 Å². The fourth-order valence-electron chi connectivity index (χ4n) is 2.33. The molecule has 1 aliphatic heterocycles. The van der Waals surface area contributed by atoms with Crippen LogP contribution in [0.15, 0.2) is 41.3 Å². The number of benzene rings is 2. The van der Waals surface area contributed by atoms with Crippen LogP contribution in [-0.2, 0) is 11.3 Å². The molecule has 1 fully saturated rings. The van der Waals surface area contributed by atoms with E-state index < -0.39 is 0 Å². The van der Waals surface area contributed by atoms with E-state index in [9.17, 15) is 14.7 Å². The molecule has 25 heavy (non-hydrogen) atoms. The van der Waals surface area contributed by atoms with E-state index in [0.717, 1.165) is 22.9 Å². The molecule has 0 aromatic heterocycles. The van der Waals surface area contributed by atoms with E-state index in [-0.39, 0.29) is 38.4 Å². The molecule has 1 N–H and O–H groups in total. The van der Waals surface area contributed by atoms with Crippen LogP contribution in [0.4, 0.5) is 4.79 Å². The molecule has 3 rings (SSSR count). The van der Waals surface area contributed by atoms with Gasteiger partial charge in [0.2, 0.25) is 0 Å². The number of aryl methyl sites for hydroxylation is 1. The molecular formula is C18H13Cl2NO3S. The van der Waals surface area contributed by atoms with Crippen LogP contribution >= 0.6 is 35.0 Å². The summed E-state index contributed by atoms with van der Waals surface area (Å²) in [5.74, 6) is -0.580. The van der Waals surface area contributed by atoms with Gasteiger partial charge in [0, 0.05) is 0 Å². The zero-order valence-corrected chi connectivity index (χ0v) is 15.5. The molecule has 0 spiro atoms. The first-order valence-electron chi connectivity index (χ1n) is 7.34. The fourth-order valence-corrected chi connectivity index (χ4v) is 3.67. The van der Waals surface area contributed by atoms with Crippen LogP contribution < -0.4 is 0 Å². The molecular weight excluding hydrogens is 381 g/mol. The summed E-state index contributed by atoms with van der Waals surface area (Å²) in [7, 11) is 0. The lowest BCUT2D eigenvalue weighted by atomic mass is 10.1. The molecule has 2 amide bonds. The normalized spacial score (nSPS) is 16.1. The van der Waals surface area contributed by atoms with Gasteiger partial charge in [-0.3, -0.25) is 14.5 Å². The summed E-state index contributed by atoms with van der Waals surface area (Å²) in [5, 5.41) is 9.43. The van der Waals surface area contributed by atoms with Crippen molar-refractivity contribution in [2.45, 2.75) is 13.5 Å². The summed E-state index contributed by atoms with van der Waals surface area (Å²) in [5.41, 5.74) is 2.53. The van der Waals surface area contributed by atoms with E-state index in [0.29, 0.717) is 5.56 Å². The Morgan fingerprint density at radius 1 is 1.12 bits per heavy atom. The molecule has 0 radical (unpaired) electrons. The van der Waals surface area contributed by atoms with Gasteiger partial charge in [-0.2, -0.15) is 0 Å². The lowest BCUT2D eigenvalue weighted by Gasteiger charge is -2.12. The molecule has 0 aliphatic carbocycles. The van der Waals surface area contributed by atoms with Crippen LogP contribution in [0.2, 0.25) is 10.0 Å². The Bertz CT molecular complexity index is 871. The molecule has 1 aliphatic rings. The van der Waals surface area contributed by atoms with E-state index in [1.807, 2.05) is 31.2 Å². The number of thioether (sulfide) groups is 1. The molecule has 128 valence electrons. The topological polar surface area (TPSA) is 57.6 Å². The van der Waals surface area contributed by atoms with Crippen LogP contribution in [0, 0.1) is 6.92 Å². The Morgan fingerprint density at radius 3 is 2.32 bits per heavy atom. The lowest BCUT2D eigenvalue weighted by Crippen LogP contribution is -2.27. The molecule has 0 unspecified atom stereocenters. The summed E-state index contributed by atoms with van der Waals surface area (Å²) in [6.07, 6.45) is 1.54. The number of rotatable bonds is 3. The number of nitrogens with zero attached hydrogens (tertiary/aromatic N) is 1. The van der Waals surface area contributed by atoms with Gasteiger partial charge < -0.3 is 5.11 Å². The van der Waals surface area contributed by atoms with Crippen molar-refractivity contribution in [3.63, 3.8) is 0 Å². The quantitative estimate of drug-likeness (QED) is 0.723. The summed E-state index contributed by atoms with van der Waals surface area (Å²) < 4.78 is 0. The number of imide groups is 1. The van der Waals surface area contributed by atoms with Crippen molar-refractivity contribution in [1.29, 1.82) is 0 Å². The van der Waals surface area contributed by atoms with Crippen LogP contribution in [0.3, 0.4) is 0 Å². The zero-order valence-electron chi connectivity index (χ0n) is 13.1. The van der Waals surface area contributed by atoms with Gasteiger partial charge in [-0.1, -0.05) is 53.0 Å². The SMILES string of the molecule is Cc1ccc(CN2C(=O)SC(=Cc3cc(Cl)c(O)c(Cl)c3)C2=O)cc1. The second kappa shape index (κ2) is 7.12. The molecule has 2 aromatic carbocycles. The highest BCUT2D eigenvalue weighted by atomic mass is 35.5. The standard InChI is InChI=1S/C18H13Cl2NO3S/c1-10-2-4-11(5-3-10)9-21-17(23)15(25-18(21)24)8-12-6-13(19)16(22)14(20)7-12/h2-8,22H,9H2,1H3. The maximum Gasteiger partial charge on any atom is 0.293 e. The van der Waals surface area contributed by atoms with Crippen LogP contribution in [0.25, 0.3) is 6.08 Å². The number of phenols is 1. The number of carbonyl (C=O) groups is 2. The third kappa shape index (κ3) is 3.84. The van der Waals surface area contributed by atoms with Gasteiger partial charge in [0.1, 0.15) is 0 Å². The van der Waals surface area contributed by atoms with Crippen molar-refractivity contribution in [3.05, 3.63) is 68.0 Å². The number of hydrogen-bond donors (Lipinski definition) is 1. The smallest absolute Gasteiger partial charge is 0.293 e. The molecule has 0 bridgehead atoms. The van der Waals surface area contributed by atoms with Crippen LogP contribution in [0.1, 0.15) is 16.7 Å². The molecule has 4 nitrogen and oxygen atoms in total. The molecule has 1 heterocycles. The van der Waals surface area contributed by atoms with Gasteiger partial charge in [-0.25, -0.2) is 0 Å².